The van der Waals surface area contributed by atoms with Crippen molar-refractivity contribution in [2.24, 2.45) is 4.99 Å². The minimum absolute atomic E-state index is 0.00706. The van der Waals surface area contributed by atoms with Gasteiger partial charge in [-0.05, 0) is 25.7 Å². The van der Waals surface area contributed by atoms with Crippen LogP contribution in [0.1, 0.15) is 52.4 Å². The standard InChI is InChI=1S/C14H26N2O2S/c1-3-5-6-11(17)12-8-7-10-13(18-12)19-14(16-10)15-9-4-2/h10-13,17H,3-9H2,1-2H3,(H,15,16)/t10-,11+,12-,13-/m1/s1. The van der Waals surface area contributed by atoms with Crippen molar-refractivity contribution in [3.63, 3.8) is 0 Å². The maximum atomic E-state index is 10.1. The maximum absolute atomic E-state index is 10.1. The molecular formula is C14H26N2O2S. The average molecular weight is 286 g/mol. The number of hydrogen-bond donors (Lipinski definition) is 2. The molecule has 2 N–H and O–H groups in total. The zero-order chi connectivity index (χ0) is 13.7. The molecule has 2 aliphatic rings. The molecule has 0 bridgehead atoms. The minimum atomic E-state index is -0.307. The highest BCUT2D eigenvalue weighted by atomic mass is 32.2. The van der Waals surface area contributed by atoms with Gasteiger partial charge in [-0.1, -0.05) is 38.5 Å². The van der Waals surface area contributed by atoms with Crippen molar-refractivity contribution >= 4 is 16.9 Å². The van der Waals surface area contributed by atoms with E-state index in [1.807, 2.05) is 0 Å². The number of ether oxygens (including phenoxy) is 1. The van der Waals surface area contributed by atoms with Crippen LogP contribution in [0, 0.1) is 0 Å². The summed E-state index contributed by atoms with van der Waals surface area (Å²) in [5, 5.41) is 14.6. The first-order valence-electron chi connectivity index (χ1n) is 7.55. The fraction of sp³-hybridized carbons (Fsp3) is 0.929. The summed E-state index contributed by atoms with van der Waals surface area (Å²) in [4.78, 5) is 4.51. The Kier molecular flexibility index (Phi) is 5.98. The molecule has 110 valence electrons. The number of thioether (sulfide) groups is 1. The summed E-state index contributed by atoms with van der Waals surface area (Å²) < 4.78 is 6.05. The third-order valence-corrected chi connectivity index (χ3v) is 4.84. The fourth-order valence-electron chi connectivity index (χ4n) is 2.55. The van der Waals surface area contributed by atoms with Crippen LogP contribution in [0.2, 0.25) is 0 Å². The molecular weight excluding hydrogens is 260 g/mol. The third-order valence-electron chi connectivity index (χ3n) is 3.70. The monoisotopic (exact) mass is 286 g/mol. The molecule has 0 spiro atoms. The highest BCUT2D eigenvalue weighted by Crippen LogP contribution is 2.34. The van der Waals surface area contributed by atoms with Gasteiger partial charge in [-0.3, -0.25) is 4.99 Å². The van der Waals surface area contributed by atoms with Crippen LogP contribution in [0.25, 0.3) is 0 Å². The van der Waals surface area contributed by atoms with Gasteiger partial charge in [0.2, 0.25) is 0 Å². The van der Waals surface area contributed by atoms with E-state index in [1.165, 1.54) is 0 Å². The number of nitrogens with zero attached hydrogens (tertiary/aromatic N) is 1. The smallest absolute Gasteiger partial charge is 0.159 e. The SMILES string of the molecule is CCCC[C@H](O)[C@H]1CC[C@H]2NC(=NCCC)S[C@H]2O1. The van der Waals surface area contributed by atoms with E-state index in [9.17, 15) is 5.11 Å². The predicted octanol–water partition coefficient (Wildman–Crippen LogP) is 2.51. The Morgan fingerprint density at radius 1 is 1.42 bits per heavy atom. The van der Waals surface area contributed by atoms with Gasteiger partial charge >= 0.3 is 0 Å². The number of unbranched alkanes of at least 4 members (excludes halogenated alkanes) is 1. The Morgan fingerprint density at radius 3 is 3.00 bits per heavy atom. The van der Waals surface area contributed by atoms with Crippen LogP contribution in [-0.2, 0) is 4.74 Å². The molecule has 0 saturated carbocycles. The largest absolute Gasteiger partial charge is 0.390 e. The molecule has 4 atom stereocenters. The van der Waals surface area contributed by atoms with Gasteiger partial charge in [0.15, 0.2) is 5.17 Å². The van der Waals surface area contributed by atoms with Gasteiger partial charge in [0.1, 0.15) is 5.44 Å². The van der Waals surface area contributed by atoms with Gasteiger partial charge in [-0.25, -0.2) is 0 Å². The van der Waals surface area contributed by atoms with Gasteiger partial charge in [0, 0.05) is 6.54 Å². The number of aliphatic hydroxyl groups is 1. The summed E-state index contributed by atoms with van der Waals surface area (Å²) in [6.07, 6.45) is 5.83. The van der Waals surface area contributed by atoms with E-state index < -0.39 is 0 Å². The first-order chi connectivity index (χ1) is 9.24. The van der Waals surface area contributed by atoms with E-state index in [0.29, 0.717) is 6.04 Å². The lowest BCUT2D eigenvalue weighted by Crippen LogP contribution is -2.44. The summed E-state index contributed by atoms with van der Waals surface area (Å²) in [6, 6.07) is 0.371. The van der Waals surface area contributed by atoms with E-state index in [4.69, 9.17) is 4.74 Å². The quantitative estimate of drug-likeness (QED) is 0.788. The van der Waals surface area contributed by atoms with Gasteiger partial charge in [0.25, 0.3) is 0 Å². The van der Waals surface area contributed by atoms with Gasteiger partial charge in [0.05, 0.1) is 18.2 Å². The Labute approximate surface area is 120 Å². The van der Waals surface area contributed by atoms with Crippen molar-refractivity contribution in [2.45, 2.75) is 76.1 Å². The van der Waals surface area contributed by atoms with Crippen LogP contribution in [-0.4, -0.2) is 40.5 Å². The molecule has 0 radical (unpaired) electrons. The van der Waals surface area contributed by atoms with Crippen LogP contribution in [0.3, 0.4) is 0 Å². The number of nitrogens with one attached hydrogen (secondary N) is 1. The molecule has 19 heavy (non-hydrogen) atoms. The minimum Gasteiger partial charge on any atom is -0.390 e. The second-order valence-electron chi connectivity index (χ2n) is 5.39. The first kappa shape index (κ1) is 15.1. The van der Waals surface area contributed by atoms with E-state index in [2.05, 4.69) is 24.2 Å². The summed E-state index contributed by atoms with van der Waals surface area (Å²) in [5.41, 5.74) is 0.130. The van der Waals surface area contributed by atoms with Crippen molar-refractivity contribution in [3.8, 4) is 0 Å². The second kappa shape index (κ2) is 7.50. The molecule has 2 aliphatic heterocycles. The van der Waals surface area contributed by atoms with Crippen LogP contribution < -0.4 is 5.32 Å². The second-order valence-corrected chi connectivity index (χ2v) is 6.47. The third kappa shape index (κ3) is 4.10. The Bertz CT molecular complexity index is 312. The lowest BCUT2D eigenvalue weighted by atomic mass is 9.98. The number of amidine groups is 1. The zero-order valence-electron chi connectivity index (χ0n) is 12.0. The van der Waals surface area contributed by atoms with Crippen LogP contribution in [0.5, 0.6) is 0 Å². The van der Waals surface area contributed by atoms with Crippen molar-refractivity contribution in [3.05, 3.63) is 0 Å². The molecule has 2 saturated heterocycles. The number of fused-ring (bicyclic) bond motifs is 1. The topological polar surface area (TPSA) is 53.8 Å². The van der Waals surface area contributed by atoms with E-state index >= 15 is 0 Å². The first-order valence-corrected chi connectivity index (χ1v) is 8.43. The Morgan fingerprint density at radius 2 is 2.26 bits per heavy atom. The highest BCUT2D eigenvalue weighted by molar-refractivity contribution is 8.14. The fourth-order valence-corrected chi connectivity index (χ4v) is 3.72. The highest BCUT2D eigenvalue weighted by Gasteiger charge is 2.40. The Balaban J connectivity index is 1.83. The lowest BCUT2D eigenvalue weighted by Gasteiger charge is -2.33. The molecule has 0 unspecified atom stereocenters. The molecule has 5 heteroatoms. The number of aliphatic imine (C=N–C) groups is 1. The number of aliphatic hydroxyl groups excluding tert-OH is 1. The van der Waals surface area contributed by atoms with Crippen LogP contribution in [0.4, 0.5) is 0 Å². The van der Waals surface area contributed by atoms with Crippen LogP contribution >= 0.6 is 11.8 Å². The van der Waals surface area contributed by atoms with Crippen molar-refractivity contribution in [1.82, 2.24) is 5.32 Å². The zero-order valence-corrected chi connectivity index (χ0v) is 12.8. The molecule has 0 aromatic carbocycles. The van der Waals surface area contributed by atoms with Gasteiger partial charge < -0.3 is 15.2 Å². The molecule has 0 aromatic heterocycles. The molecule has 0 aliphatic carbocycles. The average Bonchev–Trinajstić information content (AvgIpc) is 2.84. The van der Waals surface area contributed by atoms with Crippen molar-refractivity contribution < 1.29 is 9.84 Å². The Hall–Kier alpha value is -0.260. The number of rotatable bonds is 6. The normalized spacial score (nSPS) is 34.1. The van der Waals surface area contributed by atoms with Crippen LogP contribution in [0.15, 0.2) is 4.99 Å². The van der Waals surface area contributed by atoms with Gasteiger partial charge in [-0.15, -0.1) is 0 Å². The molecule has 2 heterocycles. The summed E-state index contributed by atoms with van der Waals surface area (Å²) in [6.45, 7) is 5.16. The molecule has 2 rings (SSSR count). The summed E-state index contributed by atoms with van der Waals surface area (Å²) in [5.74, 6) is 0. The predicted molar refractivity (Wildman–Crippen MR) is 80.5 cm³/mol. The lowest BCUT2D eigenvalue weighted by molar-refractivity contribution is -0.0840. The maximum Gasteiger partial charge on any atom is 0.159 e. The summed E-state index contributed by atoms with van der Waals surface area (Å²) >= 11 is 1.69. The van der Waals surface area contributed by atoms with Crippen molar-refractivity contribution in [2.75, 3.05) is 6.54 Å². The molecule has 4 nitrogen and oxygen atoms in total. The van der Waals surface area contributed by atoms with E-state index in [-0.39, 0.29) is 17.6 Å². The molecule has 0 amide bonds. The molecule has 0 aromatic rings. The van der Waals surface area contributed by atoms with E-state index in [0.717, 1.165) is 50.2 Å². The number of hydrogen-bond acceptors (Lipinski definition) is 4. The summed E-state index contributed by atoms with van der Waals surface area (Å²) in [7, 11) is 0. The van der Waals surface area contributed by atoms with E-state index in [1.54, 1.807) is 11.8 Å². The molecule has 2 fully saturated rings. The van der Waals surface area contributed by atoms with Crippen molar-refractivity contribution in [1.29, 1.82) is 0 Å². The van der Waals surface area contributed by atoms with Gasteiger partial charge in [-0.2, -0.15) is 0 Å².